The Hall–Kier alpha value is -1.95. The summed E-state index contributed by atoms with van der Waals surface area (Å²) in [5.41, 5.74) is 0.758. The fourth-order valence-corrected chi connectivity index (χ4v) is 3.01. The molecule has 1 atom stereocenters. The first-order chi connectivity index (χ1) is 10.6. The first kappa shape index (κ1) is 13.7. The summed E-state index contributed by atoms with van der Waals surface area (Å²) in [5, 5.41) is 4.27. The summed E-state index contributed by atoms with van der Waals surface area (Å²) in [6.07, 6.45) is 8.24. The maximum atomic E-state index is 6.07. The lowest BCUT2D eigenvalue weighted by Crippen LogP contribution is -2.48. The number of anilines is 1. The molecule has 6 heteroatoms. The number of morpholine rings is 1. The van der Waals surface area contributed by atoms with Crippen LogP contribution in [0, 0.1) is 0 Å². The van der Waals surface area contributed by atoms with E-state index in [1.165, 1.54) is 12.8 Å². The Balaban J connectivity index is 1.59. The van der Waals surface area contributed by atoms with Gasteiger partial charge in [0.05, 0.1) is 19.3 Å². The van der Waals surface area contributed by atoms with Gasteiger partial charge >= 0.3 is 0 Å². The first-order valence-corrected chi connectivity index (χ1v) is 7.85. The van der Waals surface area contributed by atoms with Gasteiger partial charge in [0.25, 0.3) is 0 Å². The Morgan fingerprint density at radius 2 is 2.23 bits per heavy atom. The summed E-state index contributed by atoms with van der Waals surface area (Å²) in [5.74, 6) is 2.58. The minimum Gasteiger partial charge on any atom is -0.367 e. The van der Waals surface area contributed by atoms with E-state index in [0.717, 1.165) is 30.3 Å². The molecule has 2 fully saturated rings. The molecular weight excluding hydrogens is 278 g/mol. The van der Waals surface area contributed by atoms with Crippen molar-refractivity contribution in [3.05, 3.63) is 36.0 Å². The Morgan fingerprint density at radius 1 is 1.36 bits per heavy atom. The number of aryl methyl sites for hydroxylation is 1. The van der Waals surface area contributed by atoms with Gasteiger partial charge in [0, 0.05) is 37.5 Å². The Bertz CT molecular complexity index is 681. The van der Waals surface area contributed by atoms with Crippen molar-refractivity contribution in [2.45, 2.75) is 31.3 Å². The fourth-order valence-electron chi connectivity index (χ4n) is 3.01. The summed E-state index contributed by atoms with van der Waals surface area (Å²) in [4.78, 5) is 11.5. The number of hydrogen-bond acceptors (Lipinski definition) is 5. The zero-order valence-corrected chi connectivity index (χ0v) is 13.1. The predicted octanol–water partition coefficient (Wildman–Crippen LogP) is 1.84. The largest absolute Gasteiger partial charge is 0.367 e. The van der Waals surface area contributed by atoms with E-state index in [2.05, 4.69) is 21.9 Å². The Labute approximate surface area is 130 Å². The number of ether oxygens (including phenoxy) is 1. The third-order valence-corrected chi connectivity index (χ3v) is 4.52. The van der Waals surface area contributed by atoms with Crippen LogP contribution in [0.1, 0.15) is 37.1 Å². The molecule has 1 aliphatic carbocycles. The topological polar surface area (TPSA) is 56.1 Å². The van der Waals surface area contributed by atoms with Crippen LogP contribution in [0.2, 0.25) is 0 Å². The molecule has 0 amide bonds. The number of rotatable bonds is 3. The van der Waals surface area contributed by atoms with Gasteiger partial charge in [-0.15, -0.1) is 0 Å². The molecule has 0 aromatic carbocycles. The van der Waals surface area contributed by atoms with Crippen molar-refractivity contribution >= 4 is 5.82 Å². The van der Waals surface area contributed by atoms with Gasteiger partial charge in [0.2, 0.25) is 0 Å². The molecule has 4 rings (SSSR count). The van der Waals surface area contributed by atoms with E-state index < -0.39 is 0 Å². The second-order valence-electron chi connectivity index (χ2n) is 6.45. The van der Waals surface area contributed by atoms with Gasteiger partial charge in [-0.2, -0.15) is 5.10 Å². The molecule has 6 nitrogen and oxygen atoms in total. The average Bonchev–Trinajstić information content (AvgIpc) is 3.29. The molecule has 1 unspecified atom stereocenters. The highest BCUT2D eigenvalue weighted by Gasteiger charge is 2.36. The molecule has 2 aliphatic rings. The van der Waals surface area contributed by atoms with Crippen molar-refractivity contribution in [1.82, 2.24) is 19.7 Å². The number of aromatic nitrogens is 4. The van der Waals surface area contributed by atoms with Crippen LogP contribution >= 0.6 is 0 Å². The molecule has 1 saturated heterocycles. The minimum absolute atomic E-state index is 0.350. The zero-order chi connectivity index (χ0) is 15.2. The van der Waals surface area contributed by atoms with Gasteiger partial charge in [-0.3, -0.25) is 4.68 Å². The highest BCUT2D eigenvalue weighted by molar-refractivity contribution is 5.40. The smallest absolute Gasteiger partial charge is 0.133 e. The van der Waals surface area contributed by atoms with Gasteiger partial charge in [-0.1, -0.05) is 0 Å². The second-order valence-corrected chi connectivity index (χ2v) is 6.45. The van der Waals surface area contributed by atoms with Crippen LogP contribution in [0.4, 0.5) is 5.82 Å². The Kier molecular flexibility index (Phi) is 3.14. The van der Waals surface area contributed by atoms with E-state index in [1.807, 2.05) is 36.4 Å². The normalized spacial score (nSPS) is 25.5. The van der Waals surface area contributed by atoms with Crippen molar-refractivity contribution in [3.8, 4) is 0 Å². The molecule has 0 radical (unpaired) electrons. The Morgan fingerprint density at radius 3 is 2.95 bits per heavy atom. The van der Waals surface area contributed by atoms with E-state index in [1.54, 1.807) is 0 Å². The predicted molar refractivity (Wildman–Crippen MR) is 82.7 cm³/mol. The molecule has 0 bridgehead atoms. The highest BCUT2D eigenvalue weighted by Crippen LogP contribution is 2.38. The van der Waals surface area contributed by atoms with Crippen LogP contribution in [0.25, 0.3) is 0 Å². The van der Waals surface area contributed by atoms with Crippen LogP contribution in [0.3, 0.4) is 0 Å². The van der Waals surface area contributed by atoms with E-state index >= 15 is 0 Å². The van der Waals surface area contributed by atoms with E-state index in [-0.39, 0.29) is 5.60 Å². The van der Waals surface area contributed by atoms with Crippen LogP contribution in [-0.2, 0) is 17.4 Å². The van der Waals surface area contributed by atoms with E-state index in [0.29, 0.717) is 12.5 Å². The fraction of sp³-hybridized carbons (Fsp3) is 0.562. The van der Waals surface area contributed by atoms with Crippen molar-refractivity contribution < 1.29 is 4.74 Å². The third-order valence-electron chi connectivity index (χ3n) is 4.52. The molecular formula is C16H21N5O. The summed E-state index contributed by atoms with van der Waals surface area (Å²) >= 11 is 0. The number of nitrogens with zero attached hydrogens (tertiary/aromatic N) is 5. The second kappa shape index (κ2) is 5.05. The lowest BCUT2D eigenvalue weighted by molar-refractivity contribution is -0.0468. The molecule has 116 valence electrons. The standard InChI is InChI=1S/C16H21N5O/c1-16(13-9-18-20(2)10-13)11-21(7-8-22-16)14-5-6-17-15(19-14)12-3-4-12/h5-6,9-10,12H,3-4,7-8,11H2,1-2H3. The van der Waals surface area contributed by atoms with Crippen LogP contribution in [0.5, 0.6) is 0 Å². The third kappa shape index (κ3) is 2.47. The van der Waals surface area contributed by atoms with Gasteiger partial charge in [-0.25, -0.2) is 9.97 Å². The maximum absolute atomic E-state index is 6.07. The maximum Gasteiger partial charge on any atom is 0.133 e. The summed E-state index contributed by atoms with van der Waals surface area (Å²) in [6, 6.07) is 2.00. The molecule has 2 aromatic rings. The van der Waals surface area contributed by atoms with Crippen molar-refractivity contribution in [1.29, 1.82) is 0 Å². The lowest BCUT2D eigenvalue weighted by atomic mass is 9.97. The van der Waals surface area contributed by atoms with Crippen LogP contribution in [-0.4, -0.2) is 39.4 Å². The molecule has 2 aromatic heterocycles. The monoisotopic (exact) mass is 299 g/mol. The molecule has 3 heterocycles. The lowest BCUT2D eigenvalue weighted by Gasteiger charge is -2.40. The van der Waals surface area contributed by atoms with Crippen molar-refractivity contribution in [2.75, 3.05) is 24.6 Å². The minimum atomic E-state index is -0.350. The summed E-state index contributed by atoms with van der Waals surface area (Å²) in [7, 11) is 1.93. The SMILES string of the molecule is Cn1cc(C2(C)CN(c3ccnc(C4CC4)n3)CCO2)cn1. The zero-order valence-electron chi connectivity index (χ0n) is 13.1. The molecule has 0 N–H and O–H groups in total. The van der Waals surface area contributed by atoms with E-state index in [4.69, 9.17) is 9.72 Å². The first-order valence-electron chi connectivity index (χ1n) is 7.85. The molecule has 22 heavy (non-hydrogen) atoms. The van der Waals surface area contributed by atoms with Gasteiger partial charge < -0.3 is 9.64 Å². The van der Waals surface area contributed by atoms with Crippen molar-refractivity contribution in [2.24, 2.45) is 7.05 Å². The molecule has 1 aliphatic heterocycles. The van der Waals surface area contributed by atoms with Crippen LogP contribution in [0.15, 0.2) is 24.7 Å². The highest BCUT2D eigenvalue weighted by atomic mass is 16.5. The van der Waals surface area contributed by atoms with Gasteiger partial charge in [0.1, 0.15) is 17.2 Å². The average molecular weight is 299 g/mol. The number of hydrogen-bond donors (Lipinski definition) is 0. The van der Waals surface area contributed by atoms with Gasteiger partial charge in [-0.05, 0) is 25.8 Å². The van der Waals surface area contributed by atoms with Gasteiger partial charge in [0.15, 0.2) is 0 Å². The van der Waals surface area contributed by atoms with Crippen LogP contribution < -0.4 is 4.90 Å². The molecule has 0 spiro atoms. The van der Waals surface area contributed by atoms with E-state index in [9.17, 15) is 0 Å². The summed E-state index contributed by atoms with van der Waals surface area (Å²) in [6.45, 7) is 4.45. The quantitative estimate of drug-likeness (QED) is 0.865. The molecule has 1 saturated carbocycles. The summed E-state index contributed by atoms with van der Waals surface area (Å²) < 4.78 is 7.89. The van der Waals surface area contributed by atoms with Crippen molar-refractivity contribution in [3.63, 3.8) is 0 Å².